The minimum Gasteiger partial charge on any atom is -0.385 e. The molecule has 0 saturated heterocycles. The summed E-state index contributed by atoms with van der Waals surface area (Å²) in [7, 11) is 0. The molecule has 61 valence electrons. The van der Waals surface area contributed by atoms with Crippen molar-refractivity contribution in [3.63, 3.8) is 0 Å². The van der Waals surface area contributed by atoms with Crippen molar-refractivity contribution in [2.75, 3.05) is 0 Å². The Kier molecular flexibility index (Phi) is 2.16. The zero-order chi connectivity index (χ0) is 9.19. The molecule has 0 saturated carbocycles. The first-order chi connectivity index (χ1) is 5.54. The summed E-state index contributed by atoms with van der Waals surface area (Å²) in [5, 5.41) is 18.0. The first-order valence-electron chi connectivity index (χ1n) is 3.62. The van der Waals surface area contributed by atoms with Gasteiger partial charge in [0, 0.05) is 0 Å². The molecule has 1 aromatic rings. The molecule has 0 aliphatic heterocycles. The lowest BCUT2D eigenvalue weighted by molar-refractivity contribution is 0.108. The van der Waals surface area contributed by atoms with Crippen molar-refractivity contribution in [2.45, 2.75) is 12.5 Å². The Hall–Kier alpha value is -1.33. The number of hydrogen-bond donors (Lipinski definition) is 1. The quantitative estimate of drug-likeness (QED) is 0.678. The first kappa shape index (κ1) is 8.76. The Morgan fingerprint density at radius 1 is 1.42 bits per heavy atom. The van der Waals surface area contributed by atoms with Crippen LogP contribution in [0.25, 0.3) is 0 Å². The van der Waals surface area contributed by atoms with Gasteiger partial charge >= 0.3 is 0 Å². The second-order valence-corrected chi connectivity index (χ2v) is 2.96. The lowest BCUT2D eigenvalue weighted by atomic mass is 9.98. The van der Waals surface area contributed by atoms with Crippen molar-refractivity contribution in [2.24, 2.45) is 0 Å². The van der Waals surface area contributed by atoms with Gasteiger partial charge in [-0.2, -0.15) is 5.26 Å². The highest BCUT2D eigenvalue weighted by molar-refractivity contribution is 5.34. The van der Waals surface area contributed by atoms with E-state index in [1.165, 1.54) is 0 Å². The smallest absolute Gasteiger partial charge is 0.0991 e. The molecule has 0 aromatic heterocycles. The summed E-state index contributed by atoms with van der Waals surface area (Å²) in [5.74, 6) is 0. The third kappa shape index (κ3) is 1.84. The molecule has 0 amide bonds. The van der Waals surface area contributed by atoms with E-state index in [1.54, 1.807) is 31.2 Å². The topological polar surface area (TPSA) is 44.0 Å². The van der Waals surface area contributed by atoms with Gasteiger partial charge in [0.15, 0.2) is 0 Å². The summed E-state index contributed by atoms with van der Waals surface area (Å²) in [5.41, 5.74) is 0.220. The van der Waals surface area contributed by atoms with E-state index in [1.807, 2.05) is 6.07 Å². The molecule has 0 aliphatic rings. The maximum Gasteiger partial charge on any atom is 0.0991 e. The van der Waals surface area contributed by atoms with Crippen LogP contribution in [0.2, 0.25) is 0 Å². The number of aliphatic hydroxyl groups is 1. The van der Waals surface area contributed by atoms with E-state index in [4.69, 9.17) is 5.26 Å². The SMILES string of the molecule is [CH2]C(C)(O)c1ccc(C#N)cc1. The highest BCUT2D eigenvalue weighted by Crippen LogP contribution is 2.18. The number of nitriles is 1. The minimum absolute atomic E-state index is 0.586. The molecule has 1 unspecified atom stereocenters. The van der Waals surface area contributed by atoms with Crippen molar-refractivity contribution in [3.05, 3.63) is 42.3 Å². The molecule has 1 radical (unpaired) electrons. The predicted octanol–water partition coefficient (Wildman–Crippen LogP) is 1.60. The molecule has 0 fully saturated rings. The van der Waals surface area contributed by atoms with E-state index in [0.29, 0.717) is 11.1 Å². The van der Waals surface area contributed by atoms with Gasteiger partial charge < -0.3 is 5.11 Å². The molecule has 2 heteroatoms. The summed E-state index contributed by atoms with van der Waals surface area (Å²) < 4.78 is 0. The normalized spacial score (nSPS) is 10.8. The molecule has 1 N–H and O–H groups in total. The van der Waals surface area contributed by atoms with Gasteiger partial charge in [0.1, 0.15) is 0 Å². The van der Waals surface area contributed by atoms with Crippen molar-refractivity contribution < 1.29 is 5.11 Å². The second kappa shape index (κ2) is 2.96. The molecule has 1 aromatic carbocycles. The number of hydrogen-bond acceptors (Lipinski definition) is 2. The summed E-state index contributed by atoms with van der Waals surface area (Å²) in [6, 6.07) is 8.73. The van der Waals surface area contributed by atoms with Gasteiger partial charge in [0.25, 0.3) is 0 Å². The summed E-state index contributed by atoms with van der Waals surface area (Å²) >= 11 is 0. The van der Waals surface area contributed by atoms with Gasteiger partial charge in [-0.25, -0.2) is 0 Å². The monoisotopic (exact) mass is 160 g/mol. The van der Waals surface area contributed by atoms with Gasteiger partial charge in [-0.1, -0.05) is 12.1 Å². The Morgan fingerprint density at radius 3 is 2.25 bits per heavy atom. The van der Waals surface area contributed by atoms with Crippen LogP contribution in [-0.4, -0.2) is 5.11 Å². The van der Waals surface area contributed by atoms with Crippen molar-refractivity contribution in [3.8, 4) is 6.07 Å². The summed E-state index contributed by atoms with van der Waals surface area (Å²) in [6.07, 6.45) is 0. The van der Waals surface area contributed by atoms with Gasteiger partial charge in [-0.15, -0.1) is 0 Å². The van der Waals surface area contributed by atoms with E-state index >= 15 is 0 Å². The molecule has 0 spiro atoms. The Labute approximate surface area is 72.1 Å². The third-order valence-corrected chi connectivity index (χ3v) is 1.64. The van der Waals surface area contributed by atoms with Crippen molar-refractivity contribution in [1.29, 1.82) is 5.26 Å². The van der Waals surface area contributed by atoms with Gasteiger partial charge in [-0.05, 0) is 31.5 Å². The zero-order valence-electron chi connectivity index (χ0n) is 6.91. The van der Waals surface area contributed by atoms with Crippen LogP contribution in [0.3, 0.4) is 0 Å². The molecule has 0 aliphatic carbocycles. The maximum absolute atomic E-state index is 9.46. The van der Waals surface area contributed by atoms with Crippen molar-refractivity contribution >= 4 is 0 Å². The first-order valence-corrected chi connectivity index (χ1v) is 3.62. The van der Waals surface area contributed by atoms with Crippen LogP contribution in [0, 0.1) is 18.3 Å². The van der Waals surface area contributed by atoms with Crippen LogP contribution in [0.5, 0.6) is 0 Å². The van der Waals surface area contributed by atoms with Crippen LogP contribution >= 0.6 is 0 Å². The molecule has 2 nitrogen and oxygen atoms in total. The fraction of sp³-hybridized carbons (Fsp3) is 0.200. The van der Waals surface area contributed by atoms with E-state index in [2.05, 4.69) is 6.92 Å². The Balaban J connectivity index is 3.02. The van der Waals surface area contributed by atoms with Crippen LogP contribution in [0.15, 0.2) is 24.3 Å². The largest absolute Gasteiger partial charge is 0.385 e. The van der Waals surface area contributed by atoms with Crippen LogP contribution in [0.1, 0.15) is 18.1 Å². The molecule has 0 bridgehead atoms. The molecule has 12 heavy (non-hydrogen) atoms. The average molecular weight is 160 g/mol. The Morgan fingerprint density at radius 2 is 1.92 bits per heavy atom. The predicted molar refractivity (Wildman–Crippen MR) is 46.1 cm³/mol. The lowest BCUT2D eigenvalue weighted by Gasteiger charge is -2.16. The maximum atomic E-state index is 9.46. The zero-order valence-corrected chi connectivity index (χ0v) is 6.91. The lowest BCUT2D eigenvalue weighted by Crippen LogP contribution is -2.15. The molecule has 1 atom stereocenters. The average Bonchev–Trinajstić information content (AvgIpc) is 2.03. The van der Waals surface area contributed by atoms with Gasteiger partial charge in [0.05, 0.1) is 17.2 Å². The molecular formula is C10H10NO. The van der Waals surface area contributed by atoms with E-state index in [9.17, 15) is 5.11 Å². The van der Waals surface area contributed by atoms with E-state index in [0.717, 1.165) is 0 Å². The van der Waals surface area contributed by atoms with Gasteiger partial charge in [-0.3, -0.25) is 0 Å². The van der Waals surface area contributed by atoms with E-state index in [-0.39, 0.29) is 0 Å². The highest BCUT2D eigenvalue weighted by atomic mass is 16.3. The van der Waals surface area contributed by atoms with Crippen LogP contribution in [-0.2, 0) is 5.60 Å². The standard InChI is InChI=1S/C10H10NO/c1-10(2,12)9-5-3-8(7-11)4-6-9/h3-6,12H,1H2,2H3. The minimum atomic E-state index is -1.08. The fourth-order valence-electron chi connectivity index (χ4n) is 0.904. The second-order valence-electron chi connectivity index (χ2n) is 2.96. The van der Waals surface area contributed by atoms with Crippen LogP contribution < -0.4 is 0 Å². The van der Waals surface area contributed by atoms with Crippen molar-refractivity contribution in [1.82, 2.24) is 0 Å². The number of nitrogens with zero attached hydrogens (tertiary/aromatic N) is 1. The molecule has 0 heterocycles. The van der Waals surface area contributed by atoms with Crippen LogP contribution in [0.4, 0.5) is 0 Å². The third-order valence-electron chi connectivity index (χ3n) is 1.64. The highest BCUT2D eigenvalue weighted by Gasteiger charge is 2.14. The summed E-state index contributed by atoms with van der Waals surface area (Å²) in [6.45, 7) is 5.17. The fourth-order valence-corrected chi connectivity index (χ4v) is 0.904. The van der Waals surface area contributed by atoms with Gasteiger partial charge in [0.2, 0.25) is 0 Å². The number of rotatable bonds is 1. The molecule has 1 rings (SSSR count). The van der Waals surface area contributed by atoms with E-state index < -0.39 is 5.60 Å². The Bertz CT molecular complexity index is 300. The molecular weight excluding hydrogens is 150 g/mol. The number of benzene rings is 1. The summed E-state index contributed by atoms with van der Waals surface area (Å²) in [4.78, 5) is 0.